The lowest BCUT2D eigenvalue weighted by atomic mass is 9.69. The third kappa shape index (κ3) is 6.05. The van der Waals surface area contributed by atoms with Crippen molar-refractivity contribution in [3.63, 3.8) is 0 Å². The summed E-state index contributed by atoms with van der Waals surface area (Å²) in [7, 11) is 0. The van der Waals surface area contributed by atoms with Gasteiger partial charge in [0.05, 0.1) is 5.92 Å². The second-order valence-corrected chi connectivity index (χ2v) is 10.7. The summed E-state index contributed by atoms with van der Waals surface area (Å²) in [5, 5.41) is 9.48. The van der Waals surface area contributed by atoms with Crippen molar-refractivity contribution in [1.29, 1.82) is 0 Å². The lowest BCUT2D eigenvalue weighted by molar-refractivity contribution is -0.157. The SMILES string of the molecule is CCCC1CCC(C2CCC(C(=O)OC3CCC(c4ccc(O)cc4)CC3)CC2)CC1. The van der Waals surface area contributed by atoms with Gasteiger partial charge in [-0.1, -0.05) is 44.7 Å². The molecule has 3 aliphatic carbocycles. The van der Waals surface area contributed by atoms with Gasteiger partial charge in [0.1, 0.15) is 11.9 Å². The number of ether oxygens (including phenoxy) is 1. The third-order valence-electron chi connectivity index (χ3n) is 8.68. The number of carbonyl (C=O) groups excluding carboxylic acids is 1. The highest BCUT2D eigenvalue weighted by atomic mass is 16.5. The van der Waals surface area contributed by atoms with Crippen LogP contribution >= 0.6 is 0 Å². The third-order valence-corrected chi connectivity index (χ3v) is 8.68. The van der Waals surface area contributed by atoms with Crippen molar-refractivity contribution in [3.8, 4) is 5.75 Å². The van der Waals surface area contributed by atoms with E-state index in [0.29, 0.717) is 11.7 Å². The molecular formula is C28H42O3. The highest BCUT2D eigenvalue weighted by molar-refractivity contribution is 5.72. The van der Waals surface area contributed by atoms with Gasteiger partial charge >= 0.3 is 5.97 Å². The first-order chi connectivity index (χ1) is 15.1. The maximum Gasteiger partial charge on any atom is 0.309 e. The van der Waals surface area contributed by atoms with E-state index in [4.69, 9.17) is 4.74 Å². The van der Waals surface area contributed by atoms with Crippen LogP contribution in [0.25, 0.3) is 0 Å². The molecule has 0 heterocycles. The summed E-state index contributed by atoms with van der Waals surface area (Å²) >= 11 is 0. The van der Waals surface area contributed by atoms with Gasteiger partial charge in [-0.25, -0.2) is 0 Å². The van der Waals surface area contributed by atoms with Gasteiger partial charge in [-0.05, 0) is 106 Å². The van der Waals surface area contributed by atoms with Crippen LogP contribution in [0.5, 0.6) is 5.75 Å². The summed E-state index contributed by atoms with van der Waals surface area (Å²) in [6, 6.07) is 7.60. The lowest BCUT2D eigenvalue weighted by Gasteiger charge is -2.37. The molecule has 172 valence electrons. The number of hydrogen-bond donors (Lipinski definition) is 1. The Labute approximate surface area is 189 Å². The average Bonchev–Trinajstić information content (AvgIpc) is 2.81. The van der Waals surface area contributed by atoms with Gasteiger partial charge in [0.2, 0.25) is 0 Å². The molecule has 3 fully saturated rings. The number of rotatable bonds is 6. The molecule has 0 unspecified atom stereocenters. The van der Waals surface area contributed by atoms with Gasteiger partial charge in [-0.15, -0.1) is 0 Å². The molecule has 31 heavy (non-hydrogen) atoms. The molecular weight excluding hydrogens is 384 g/mol. The maximum absolute atomic E-state index is 12.8. The molecule has 1 aromatic carbocycles. The highest BCUT2D eigenvalue weighted by Gasteiger charge is 2.34. The number of phenolic OH excluding ortho intramolecular Hbond substituents is 1. The Morgan fingerprint density at radius 1 is 0.839 bits per heavy atom. The smallest absolute Gasteiger partial charge is 0.309 e. The zero-order chi connectivity index (χ0) is 21.6. The Morgan fingerprint density at radius 2 is 1.42 bits per heavy atom. The Bertz CT molecular complexity index is 673. The Kier molecular flexibility index (Phi) is 7.96. The van der Waals surface area contributed by atoms with E-state index in [2.05, 4.69) is 6.92 Å². The molecule has 0 aliphatic heterocycles. The normalized spacial score (nSPS) is 34.2. The molecule has 0 bridgehead atoms. The van der Waals surface area contributed by atoms with E-state index in [1.54, 1.807) is 12.1 Å². The maximum atomic E-state index is 12.8. The predicted octanol–water partition coefficient (Wildman–Crippen LogP) is 7.37. The van der Waals surface area contributed by atoms with E-state index in [1.165, 1.54) is 56.9 Å². The topological polar surface area (TPSA) is 46.5 Å². The zero-order valence-electron chi connectivity index (χ0n) is 19.4. The van der Waals surface area contributed by atoms with Gasteiger partial charge in [0.15, 0.2) is 0 Å². The molecule has 3 aliphatic rings. The summed E-state index contributed by atoms with van der Waals surface area (Å²) in [5.41, 5.74) is 1.30. The first kappa shape index (κ1) is 22.7. The summed E-state index contributed by atoms with van der Waals surface area (Å²) in [5.74, 6) is 3.83. The summed E-state index contributed by atoms with van der Waals surface area (Å²) < 4.78 is 5.98. The van der Waals surface area contributed by atoms with Crippen molar-refractivity contribution in [2.24, 2.45) is 23.7 Å². The van der Waals surface area contributed by atoms with Crippen LogP contribution in [0.15, 0.2) is 24.3 Å². The number of phenols is 1. The fourth-order valence-corrected chi connectivity index (χ4v) is 6.70. The van der Waals surface area contributed by atoms with Crippen molar-refractivity contribution in [2.75, 3.05) is 0 Å². The monoisotopic (exact) mass is 426 g/mol. The summed E-state index contributed by atoms with van der Waals surface area (Å²) in [6.07, 6.45) is 17.2. The molecule has 0 radical (unpaired) electrons. The first-order valence-corrected chi connectivity index (χ1v) is 13.1. The van der Waals surface area contributed by atoms with Crippen molar-refractivity contribution < 1.29 is 14.6 Å². The minimum absolute atomic E-state index is 0.0817. The summed E-state index contributed by atoms with van der Waals surface area (Å²) in [4.78, 5) is 12.8. The largest absolute Gasteiger partial charge is 0.508 e. The molecule has 1 N–H and O–H groups in total. The van der Waals surface area contributed by atoms with Crippen LogP contribution < -0.4 is 0 Å². The molecule has 0 amide bonds. The van der Waals surface area contributed by atoms with Crippen LogP contribution in [-0.2, 0) is 9.53 Å². The number of esters is 1. The van der Waals surface area contributed by atoms with E-state index < -0.39 is 0 Å². The molecule has 0 saturated heterocycles. The number of hydrogen-bond acceptors (Lipinski definition) is 3. The standard InChI is InChI=1S/C28H42O3/c1-2-3-20-4-6-21(7-5-20)22-8-10-25(11-9-22)28(30)31-27-18-14-24(15-19-27)23-12-16-26(29)17-13-23/h12-13,16-17,20-22,24-25,27,29H,2-11,14-15,18-19H2,1H3. The van der Waals surface area contributed by atoms with Crippen molar-refractivity contribution in [2.45, 2.75) is 109 Å². The quantitative estimate of drug-likeness (QED) is 0.483. The lowest BCUT2D eigenvalue weighted by Crippen LogP contribution is -2.32. The van der Waals surface area contributed by atoms with E-state index in [0.717, 1.165) is 56.3 Å². The molecule has 3 heteroatoms. The molecule has 1 aromatic rings. The van der Waals surface area contributed by atoms with Crippen LogP contribution in [-0.4, -0.2) is 17.2 Å². The van der Waals surface area contributed by atoms with E-state index in [9.17, 15) is 9.90 Å². The molecule has 0 spiro atoms. The van der Waals surface area contributed by atoms with Gasteiger partial charge in [-0.3, -0.25) is 4.79 Å². The highest BCUT2D eigenvalue weighted by Crippen LogP contribution is 2.43. The van der Waals surface area contributed by atoms with Gasteiger partial charge in [0, 0.05) is 0 Å². The predicted molar refractivity (Wildman–Crippen MR) is 125 cm³/mol. The van der Waals surface area contributed by atoms with E-state index in [-0.39, 0.29) is 18.0 Å². The minimum Gasteiger partial charge on any atom is -0.508 e. The van der Waals surface area contributed by atoms with Crippen LogP contribution in [0.1, 0.15) is 108 Å². The van der Waals surface area contributed by atoms with Crippen molar-refractivity contribution in [1.82, 2.24) is 0 Å². The van der Waals surface area contributed by atoms with Crippen LogP contribution in [0.3, 0.4) is 0 Å². The minimum atomic E-state index is 0.0817. The molecule has 3 nitrogen and oxygen atoms in total. The second kappa shape index (κ2) is 10.9. The molecule has 3 saturated carbocycles. The van der Waals surface area contributed by atoms with Crippen molar-refractivity contribution in [3.05, 3.63) is 29.8 Å². The molecule has 0 atom stereocenters. The Balaban J connectivity index is 1.16. The van der Waals surface area contributed by atoms with E-state index in [1.807, 2.05) is 12.1 Å². The molecule has 4 rings (SSSR count). The van der Waals surface area contributed by atoms with Crippen LogP contribution in [0, 0.1) is 23.7 Å². The van der Waals surface area contributed by atoms with E-state index >= 15 is 0 Å². The number of carbonyl (C=O) groups is 1. The first-order valence-electron chi connectivity index (χ1n) is 13.1. The van der Waals surface area contributed by atoms with Gasteiger partial charge in [-0.2, -0.15) is 0 Å². The Morgan fingerprint density at radius 3 is 2.00 bits per heavy atom. The Hall–Kier alpha value is -1.51. The fourth-order valence-electron chi connectivity index (χ4n) is 6.70. The number of aromatic hydroxyl groups is 1. The van der Waals surface area contributed by atoms with Gasteiger partial charge in [0.25, 0.3) is 0 Å². The summed E-state index contributed by atoms with van der Waals surface area (Å²) in [6.45, 7) is 2.31. The van der Waals surface area contributed by atoms with Crippen LogP contribution in [0.2, 0.25) is 0 Å². The molecule has 0 aromatic heterocycles. The number of benzene rings is 1. The van der Waals surface area contributed by atoms with Gasteiger partial charge < -0.3 is 9.84 Å². The second-order valence-electron chi connectivity index (χ2n) is 10.7. The van der Waals surface area contributed by atoms with Crippen molar-refractivity contribution >= 4 is 5.97 Å². The van der Waals surface area contributed by atoms with Crippen LogP contribution in [0.4, 0.5) is 0 Å². The average molecular weight is 427 g/mol. The fraction of sp³-hybridized carbons (Fsp3) is 0.750. The zero-order valence-corrected chi connectivity index (χ0v) is 19.4.